The third-order valence-corrected chi connectivity index (χ3v) is 9.51. The third kappa shape index (κ3) is 13.3. The summed E-state index contributed by atoms with van der Waals surface area (Å²) in [6.45, 7) is 3.72. The maximum atomic E-state index is 13.5. The van der Waals surface area contributed by atoms with Crippen LogP contribution in [0.3, 0.4) is 0 Å². The first-order chi connectivity index (χ1) is 26.6. The van der Waals surface area contributed by atoms with E-state index in [0.29, 0.717) is 31.1 Å². The van der Waals surface area contributed by atoms with Crippen LogP contribution in [0.5, 0.6) is 5.75 Å². The molecule has 0 unspecified atom stereocenters. The van der Waals surface area contributed by atoms with Crippen LogP contribution in [0.1, 0.15) is 56.1 Å². The van der Waals surface area contributed by atoms with Crippen LogP contribution >= 0.6 is 0 Å². The quantitative estimate of drug-likeness (QED) is 0.0440. The summed E-state index contributed by atoms with van der Waals surface area (Å²) in [6, 6.07) is 26.3. The van der Waals surface area contributed by atoms with Gasteiger partial charge in [-0.25, -0.2) is 0 Å². The van der Waals surface area contributed by atoms with E-state index in [-0.39, 0.29) is 17.2 Å². The number of rotatable bonds is 15. The largest absolute Gasteiger partial charge is 0.506 e. The lowest BCUT2D eigenvalue weighted by Crippen LogP contribution is -2.45. The molecule has 9 nitrogen and oxygen atoms in total. The van der Waals surface area contributed by atoms with Crippen molar-refractivity contribution in [2.75, 3.05) is 32.7 Å². The number of aromatic hydroxyl groups is 1. The number of hydrogen-bond acceptors (Lipinski definition) is 7. The van der Waals surface area contributed by atoms with Gasteiger partial charge in [0.15, 0.2) is 0 Å². The number of pyridine rings is 1. The molecule has 0 spiro atoms. The molecule has 1 amide bonds. The van der Waals surface area contributed by atoms with E-state index in [0.717, 1.165) is 56.3 Å². The van der Waals surface area contributed by atoms with Gasteiger partial charge >= 0.3 is 23.9 Å². The summed E-state index contributed by atoms with van der Waals surface area (Å²) in [5, 5.41) is 18.1. The molecule has 5 rings (SSSR count). The van der Waals surface area contributed by atoms with Crippen LogP contribution in [-0.4, -0.2) is 83.6 Å². The Labute approximate surface area is 320 Å². The predicted octanol–water partition coefficient (Wildman–Crippen LogP) is 7.06. The normalized spacial score (nSPS) is 13.8. The topological polar surface area (TPSA) is 132 Å². The van der Waals surface area contributed by atoms with Gasteiger partial charge in [0, 0.05) is 43.5 Å². The van der Waals surface area contributed by atoms with Gasteiger partial charge in [0.25, 0.3) is 0 Å². The standard InChI is InChI=1S/C37H46N4O3.C4F6O2/c42-34-17-15-30(33-16-18-35(43)40-37(33)34)20-23-39-25-26-41(32-13-6-1-2-7-14-32)36(44)21-24-38-22-19-28-9-8-12-31(27-28)29-10-4-3-5-11-29;5-3(6,7)1(11)2(12)4(8,9)10/h3-5,8-12,15-18,27,32,38-39,42H,1-2,6-7,13-14,19-26H2,(H,40,43);. The fraction of sp³-hybridized carbons (Fsp3) is 0.415. The molecule has 1 heterocycles. The molecule has 4 N–H and O–H groups in total. The fourth-order valence-electron chi connectivity index (χ4n) is 6.63. The number of phenols is 1. The molecule has 1 aromatic heterocycles. The molecule has 4 aromatic rings. The van der Waals surface area contributed by atoms with Crippen molar-refractivity contribution in [2.45, 2.75) is 76.2 Å². The molecule has 1 aliphatic carbocycles. The zero-order valence-electron chi connectivity index (χ0n) is 30.8. The minimum absolute atomic E-state index is 0.0821. The first kappa shape index (κ1) is 43.7. The summed E-state index contributed by atoms with van der Waals surface area (Å²) in [4.78, 5) is 49.3. The van der Waals surface area contributed by atoms with Crippen LogP contribution < -0.4 is 16.2 Å². The number of nitrogens with one attached hydrogen (secondary N) is 3. The fourth-order valence-corrected chi connectivity index (χ4v) is 6.63. The van der Waals surface area contributed by atoms with E-state index in [2.05, 4.69) is 69.0 Å². The Morgan fingerprint density at radius 3 is 2.00 bits per heavy atom. The average molecular weight is 789 g/mol. The number of carbonyl (C=O) groups is 3. The first-order valence-electron chi connectivity index (χ1n) is 18.6. The zero-order valence-corrected chi connectivity index (χ0v) is 30.8. The van der Waals surface area contributed by atoms with Crippen molar-refractivity contribution in [2.24, 2.45) is 0 Å². The number of aromatic nitrogens is 1. The van der Waals surface area contributed by atoms with Gasteiger partial charge in [-0.1, -0.05) is 86.3 Å². The second-order valence-corrected chi connectivity index (χ2v) is 13.6. The van der Waals surface area contributed by atoms with E-state index >= 15 is 0 Å². The number of benzene rings is 3. The van der Waals surface area contributed by atoms with E-state index in [1.807, 2.05) is 12.1 Å². The van der Waals surface area contributed by atoms with Gasteiger partial charge < -0.3 is 25.6 Å². The Kier molecular flexibility index (Phi) is 16.2. The molecule has 15 heteroatoms. The van der Waals surface area contributed by atoms with Crippen molar-refractivity contribution in [3.63, 3.8) is 0 Å². The second kappa shape index (κ2) is 20.8. The van der Waals surface area contributed by atoms with E-state index in [1.165, 1.54) is 48.4 Å². The van der Waals surface area contributed by atoms with Crippen molar-refractivity contribution >= 4 is 28.4 Å². The maximum Gasteiger partial charge on any atom is 0.458 e. The predicted molar refractivity (Wildman–Crippen MR) is 201 cm³/mol. The Morgan fingerprint density at radius 2 is 1.34 bits per heavy atom. The lowest BCUT2D eigenvalue weighted by atomic mass is 10.0. The number of aromatic amines is 1. The number of fused-ring (bicyclic) bond motifs is 1. The number of amides is 1. The summed E-state index contributed by atoms with van der Waals surface area (Å²) >= 11 is 0. The monoisotopic (exact) mass is 788 g/mol. The van der Waals surface area contributed by atoms with Crippen molar-refractivity contribution in [1.29, 1.82) is 0 Å². The van der Waals surface area contributed by atoms with Gasteiger partial charge in [-0.15, -0.1) is 0 Å². The van der Waals surface area contributed by atoms with Crippen molar-refractivity contribution in [3.05, 3.63) is 100 Å². The minimum atomic E-state index is -5.77. The Balaban J connectivity index is 0.000000501. The van der Waals surface area contributed by atoms with E-state index in [4.69, 9.17) is 0 Å². The molecule has 302 valence electrons. The highest BCUT2D eigenvalue weighted by Gasteiger charge is 2.54. The van der Waals surface area contributed by atoms with Crippen molar-refractivity contribution < 1.29 is 45.8 Å². The van der Waals surface area contributed by atoms with E-state index < -0.39 is 23.9 Å². The molecule has 0 radical (unpaired) electrons. The molecule has 0 aliphatic heterocycles. The SMILES string of the molecule is O=C(C(=O)C(F)(F)F)C(F)(F)F.O=C(CCNCCc1cccc(-c2ccccc2)c1)N(CCNCCc1ccc(O)c2[nH]c(=O)ccc12)C1CCCCCC1. The molecule has 0 bridgehead atoms. The minimum Gasteiger partial charge on any atom is -0.506 e. The smallest absolute Gasteiger partial charge is 0.458 e. The lowest BCUT2D eigenvalue weighted by Gasteiger charge is -2.32. The number of alkyl halides is 6. The van der Waals surface area contributed by atoms with Crippen LogP contribution in [-0.2, 0) is 27.2 Å². The molecular weight excluding hydrogens is 742 g/mol. The number of halogens is 6. The molecule has 56 heavy (non-hydrogen) atoms. The average Bonchev–Trinajstić information content (AvgIpc) is 3.46. The molecule has 1 fully saturated rings. The number of Topliss-reactive ketones (excluding diaryl/α,β-unsaturated/α-hetero) is 2. The maximum absolute atomic E-state index is 13.5. The van der Waals surface area contributed by atoms with Crippen LogP contribution in [0.15, 0.2) is 83.7 Å². The summed E-state index contributed by atoms with van der Waals surface area (Å²) in [5.74, 6) is -6.49. The van der Waals surface area contributed by atoms with Gasteiger partial charge in [-0.3, -0.25) is 19.2 Å². The molecule has 0 saturated heterocycles. The highest BCUT2D eigenvalue weighted by Crippen LogP contribution is 2.26. The molecule has 1 aliphatic rings. The number of carbonyl (C=O) groups excluding carboxylic acids is 3. The van der Waals surface area contributed by atoms with Gasteiger partial charge in [-0.05, 0) is 73.2 Å². The summed E-state index contributed by atoms with van der Waals surface area (Å²) in [7, 11) is 0. The van der Waals surface area contributed by atoms with Crippen LogP contribution in [0.4, 0.5) is 26.3 Å². The third-order valence-electron chi connectivity index (χ3n) is 9.51. The summed E-state index contributed by atoms with van der Waals surface area (Å²) in [6.07, 6.45) is -2.25. The molecular formula is C41H46F6N4O5. The van der Waals surface area contributed by atoms with Crippen LogP contribution in [0, 0.1) is 0 Å². The lowest BCUT2D eigenvalue weighted by molar-refractivity contribution is -0.193. The highest BCUT2D eigenvalue weighted by molar-refractivity contribution is 6.41. The highest BCUT2D eigenvalue weighted by atomic mass is 19.4. The second-order valence-electron chi connectivity index (χ2n) is 13.6. The van der Waals surface area contributed by atoms with Gasteiger partial charge in [0.1, 0.15) is 5.75 Å². The zero-order chi connectivity index (χ0) is 40.7. The first-order valence-corrected chi connectivity index (χ1v) is 18.6. The van der Waals surface area contributed by atoms with Gasteiger partial charge in [0.2, 0.25) is 11.5 Å². The molecule has 3 aromatic carbocycles. The van der Waals surface area contributed by atoms with E-state index in [9.17, 15) is 50.6 Å². The van der Waals surface area contributed by atoms with Gasteiger partial charge in [-0.2, -0.15) is 26.3 Å². The van der Waals surface area contributed by atoms with Crippen molar-refractivity contribution in [1.82, 2.24) is 20.5 Å². The van der Waals surface area contributed by atoms with Crippen molar-refractivity contribution in [3.8, 4) is 16.9 Å². The molecule has 0 atom stereocenters. The number of H-pyrrole nitrogens is 1. The summed E-state index contributed by atoms with van der Waals surface area (Å²) < 4.78 is 67.0. The summed E-state index contributed by atoms with van der Waals surface area (Å²) in [5.41, 5.74) is 5.08. The van der Waals surface area contributed by atoms with E-state index in [1.54, 1.807) is 12.1 Å². The number of phenolic OH excluding ortho intramolecular Hbond substituents is 1. The number of nitrogens with zero attached hydrogens (tertiary/aromatic N) is 1. The van der Waals surface area contributed by atoms with Crippen LogP contribution in [0.25, 0.3) is 22.0 Å². The Hall–Kier alpha value is -5.02. The number of hydrogen-bond donors (Lipinski definition) is 4. The Bertz CT molecular complexity index is 1930. The van der Waals surface area contributed by atoms with Gasteiger partial charge in [0.05, 0.1) is 5.52 Å². The number of ketones is 2. The molecule has 1 saturated carbocycles. The Morgan fingerprint density at radius 1 is 0.714 bits per heavy atom. The van der Waals surface area contributed by atoms with Crippen LogP contribution in [0.2, 0.25) is 0 Å².